The number of carboxylic acids is 1. The molecule has 1 N–H and O–H groups in total. The zero-order chi connectivity index (χ0) is 18.8. The molecule has 0 saturated carbocycles. The summed E-state index contributed by atoms with van der Waals surface area (Å²) >= 11 is 1.55. The van der Waals surface area contributed by atoms with Gasteiger partial charge in [0.25, 0.3) is 5.91 Å². The van der Waals surface area contributed by atoms with Gasteiger partial charge in [-0.2, -0.15) is 5.10 Å². The van der Waals surface area contributed by atoms with E-state index in [4.69, 9.17) is 5.11 Å². The Morgan fingerprint density at radius 2 is 2.15 bits per heavy atom. The Morgan fingerprint density at radius 3 is 2.77 bits per heavy atom. The van der Waals surface area contributed by atoms with Gasteiger partial charge in [-0.3, -0.25) is 14.3 Å². The van der Waals surface area contributed by atoms with E-state index in [9.17, 15) is 9.59 Å². The zero-order valence-corrected chi connectivity index (χ0v) is 15.7. The summed E-state index contributed by atoms with van der Waals surface area (Å²) in [6.07, 6.45) is -0.0857. The molecule has 0 aliphatic heterocycles. The summed E-state index contributed by atoms with van der Waals surface area (Å²) in [6, 6.07) is 5.68. The van der Waals surface area contributed by atoms with Crippen LogP contribution in [0.25, 0.3) is 21.6 Å². The third kappa shape index (κ3) is 3.32. The van der Waals surface area contributed by atoms with Gasteiger partial charge in [0.1, 0.15) is 0 Å². The van der Waals surface area contributed by atoms with Crippen molar-refractivity contribution in [1.82, 2.24) is 19.7 Å². The van der Waals surface area contributed by atoms with Crippen LogP contribution in [0.15, 0.2) is 23.6 Å². The van der Waals surface area contributed by atoms with Gasteiger partial charge < -0.3 is 10.0 Å². The van der Waals surface area contributed by atoms with Gasteiger partial charge in [-0.1, -0.05) is 6.07 Å². The first-order valence-corrected chi connectivity index (χ1v) is 9.19. The second kappa shape index (κ2) is 7.25. The largest absolute Gasteiger partial charge is 0.481 e. The van der Waals surface area contributed by atoms with E-state index in [1.54, 1.807) is 34.0 Å². The van der Waals surface area contributed by atoms with Crippen LogP contribution in [0.2, 0.25) is 0 Å². The minimum atomic E-state index is -0.923. The summed E-state index contributed by atoms with van der Waals surface area (Å²) < 4.78 is 1.67. The molecule has 26 heavy (non-hydrogen) atoms. The van der Waals surface area contributed by atoms with Crippen molar-refractivity contribution in [3.05, 3.63) is 34.8 Å². The fourth-order valence-corrected chi connectivity index (χ4v) is 3.65. The Kier molecular flexibility index (Phi) is 5.03. The maximum atomic E-state index is 13.2. The van der Waals surface area contributed by atoms with Crippen LogP contribution < -0.4 is 0 Å². The van der Waals surface area contributed by atoms with E-state index in [1.807, 2.05) is 31.4 Å². The molecule has 0 spiro atoms. The lowest BCUT2D eigenvalue weighted by Gasteiger charge is -2.21. The van der Waals surface area contributed by atoms with E-state index in [-0.39, 0.29) is 18.9 Å². The lowest BCUT2D eigenvalue weighted by atomic mass is 10.1. The second-order valence-corrected chi connectivity index (χ2v) is 6.92. The molecule has 0 fully saturated rings. The Balaban J connectivity index is 2.13. The van der Waals surface area contributed by atoms with E-state index in [2.05, 4.69) is 10.1 Å². The Morgan fingerprint density at radius 1 is 1.38 bits per heavy atom. The summed E-state index contributed by atoms with van der Waals surface area (Å²) in [6.45, 7) is 4.29. The number of aryl methyl sites for hydroxylation is 2. The van der Waals surface area contributed by atoms with Gasteiger partial charge in [0.05, 0.1) is 33.6 Å². The van der Waals surface area contributed by atoms with E-state index in [0.717, 1.165) is 10.6 Å². The average molecular weight is 372 g/mol. The number of aliphatic carboxylic acids is 1. The molecule has 8 heteroatoms. The molecule has 1 amide bonds. The molecule has 0 atom stereocenters. The molecule has 136 valence electrons. The second-order valence-electron chi connectivity index (χ2n) is 5.97. The molecule has 3 aromatic heterocycles. The van der Waals surface area contributed by atoms with Crippen molar-refractivity contribution in [2.24, 2.45) is 7.05 Å². The highest BCUT2D eigenvalue weighted by atomic mass is 32.1. The molecule has 7 nitrogen and oxygen atoms in total. The number of rotatable bonds is 6. The summed E-state index contributed by atoms with van der Waals surface area (Å²) in [4.78, 5) is 31.3. The molecular weight excluding hydrogens is 352 g/mol. The maximum Gasteiger partial charge on any atom is 0.305 e. The fourth-order valence-electron chi connectivity index (χ4n) is 2.97. The van der Waals surface area contributed by atoms with Crippen molar-refractivity contribution < 1.29 is 14.7 Å². The molecular formula is C18H20N4O3S. The smallest absolute Gasteiger partial charge is 0.305 e. The van der Waals surface area contributed by atoms with E-state index < -0.39 is 5.97 Å². The molecule has 0 bridgehead atoms. The van der Waals surface area contributed by atoms with Crippen molar-refractivity contribution in [2.45, 2.75) is 20.3 Å². The predicted octanol–water partition coefficient (Wildman–Crippen LogP) is 2.94. The highest BCUT2D eigenvalue weighted by Crippen LogP contribution is 2.30. The Hall–Kier alpha value is -2.74. The molecule has 3 heterocycles. The summed E-state index contributed by atoms with van der Waals surface area (Å²) in [5, 5.41) is 16.0. The van der Waals surface area contributed by atoms with Gasteiger partial charge in [-0.25, -0.2) is 4.98 Å². The lowest BCUT2D eigenvalue weighted by Crippen LogP contribution is -2.33. The predicted molar refractivity (Wildman–Crippen MR) is 100 cm³/mol. The van der Waals surface area contributed by atoms with E-state index >= 15 is 0 Å². The number of carboxylic acid groups (broad SMARTS) is 1. The van der Waals surface area contributed by atoms with Crippen LogP contribution in [0.5, 0.6) is 0 Å². The topological polar surface area (TPSA) is 88.3 Å². The van der Waals surface area contributed by atoms with Gasteiger partial charge in [-0.15, -0.1) is 11.3 Å². The summed E-state index contributed by atoms with van der Waals surface area (Å²) in [7, 11) is 1.80. The van der Waals surface area contributed by atoms with Crippen LogP contribution in [-0.2, 0) is 11.8 Å². The fraction of sp³-hybridized carbons (Fsp3) is 0.333. The van der Waals surface area contributed by atoms with Crippen molar-refractivity contribution >= 4 is 34.2 Å². The lowest BCUT2D eigenvalue weighted by molar-refractivity contribution is -0.137. The summed E-state index contributed by atoms with van der Waals surface area (Å²) in [5.41, 5.74) is 2.60. The van der Waals surface area contributed by atoms with Crippen LogP contribution in [-0.4, -0.2) is 49.7 Å². The Bertz CT molecular complexity index is 963. The maximum absolute atomic E-state index is 13.2. The number of fused-ring (bicyclic) bond motifs is 1. The highest BCUT2D eigenvalue weighted by Gasteiger charge is 2.23. The number of pyridine rings is 1. The molecule has 0 saturated heterocycles. The molecule has 0 radical (unpaired) electrons. The minimum Gasteiger partial charge on any atom is -0.481 e. The molecule has 0 aliphatic carbocycles. The first kappa shape index (κ1) is 18.1. The minimum absolute atomic E-state index is 0.0857. The van der Waals surface area contributed by atoms with Crippen molar-refractivity contribution in [1.29, 1.82) is 0 Å². The van der Waals surface area contributed by atoms with Crippen LogP contribution in [0.3, 0.4) is 0 Å². The number of hydrogen-bond donors (Lipinski definition) is 1. The number of hydrogen-bond acceptors (Lipinski definition) is 5. The molecule has 3 rings (SSSR count). The molecule has 0 unspecified atom stereocenters. The third-order valence-electron chi connectivity index (χ3n) is 4.24. The number of aromatic nitrogens is 3. The summed E-state index contributed by atoms with van der Waals surface area (Å²) in [5.74, 6) is -1.12. The van der Waals surface area contributed by atoms with Crippen LogP contribution in [0.4, 0.5) is 0 Å². The normalized spacial score (nSPS) is 11.0. The van der Waals surface area contributed by atoms with Gasteiger partial charge in [-0.05, 0) is 31.4 Å². The first-order chi connectivity index (χ1) is 12.4. The molecule has 3 aromatic rings. The van der Waals surface area contributed by atoms with Gasteiger partial charge in [0.15, 0.2) is 5.65 Å². The third-order valence-corrected chi connectivity index (χ3v) is 5.13. The van der Waals surface area contributed by atoms with Crippen molar-refractivity contribution in [3.63, 3.8) is 0 Å². The van der Waals surface area contributed by atoms with Gasteiger partial charge in [0.2, 0.25) is 0 Å². The molecule has 0 aromatic carbocycles. The van der Waals surface area contributed by atoms with Gasteiger partial charge in [0, 0.05) is 20.1 Å². The number of thiophene rings is 1. The monoisotopic (exact) mass is 372 g/mol. The number of amides is 1. The van der Waals surface area contributed by atoms with Crippen LogP contribution >= 0.6 is 11.3 Å². The van der Waals surface area contributed by atoms with E-state index in [1.165, 1.54) is 0 Å². The van der Waals surface area contributed by atoms with Gasteiger partial charge >= 0.3 is 5.97 Å². The quantitative estimate of drug-likeness (QED) is 0.719. The first-order valence-electron chi connectivity index (χ1n) is 8.31. The van der Waals surface area contributed by atoms with E-state index in [0.29, 0.717) is 28.8 Å². The number of carbonyl (C=O) groups excluding carboxylic acids is 1. The Labute approximate surface area is 154 Å². The van der Waals surface area contributed by atoms with Crippen LogP contribution in [0.1, 0.15) is 29.4 Å². The zero-order valence-electron chi connectivity index (χ0n) is 14.9. The van der Waals surface area contributed by atoms with Crippen molar-refractivity contribution in [3.8, 4) is 10.6 Å². The number of carbonyl (C=O) groups is 2. The standard InChI is InChI=1S/C18H20N4O3S/c1-4-22(8-7-15(23)24)18(25)12-10-13(14-6-5-9-26-14)19-17-16(12)11(2)20-21(17)3/h5-6,9-10H,4,7-8H2,1-3H3,(H,23,24). The highest BCUT2D eigenvalue weighted by molar-refractivity contribution is 7.13. The average Bonchev–Trinajstić information content (AvgIpc) is 3.23. The molecule has 0 aliphatic rings. The van der Waals surface area contributed by atoms with Crippen LogP contribution in [0, 0.1) is 6.92 Å². The number of nitrogens with zero attached hydrogens (tertiary/aromatic N) is 4. The SMILES string of the molecule is CCN(CCC(=O)O)C(=O)c1cc(-c2cccs2)nc2c1c(C)nn2C. The van der Waals surface area contributed by atoms with Crippen molar-refractivity contribution in [2.75, 3.05) is 13.1 Å².